The molecule has 15 nitrogen and oxygen atoms in total. The maximum Gasteiger partial charge on any atom is 0.313 e. The summed E-state index contributed by atoms with van der Waals surface area (Å²) >= 11 is 2.38. The van der Waals surface area contributed by atoms with Crippen LogP contribution in [0.5, 0.6) is 0 Å². The van der Waals surface area contributed by atoms with Gasteiger partial charge in [0.15, 0.2) is 0 Å². The Morgan fingerprint density at radius 2 is 2.16 bits per heavy atom. The molecule has 1 aromatic carbocycles. The quantitative estimate of drug-likeness (QED) is 0.132. The zero-order valence-electron chi connectivity index (χ0n) is 19.9. The van der Waals surface area contributed by atoms with Crippen molar-refractivity contribution in [2.24, 2.45) is 16.9 Å². The number of hydrogen-bond donors (Lipinski definition) is 4. The summed E-state index contributed by atoms with van der Waals surface area (Å²) in [6, 6.07) is 5.59. The van der Waals surface area contributed by atoms with Crippen molar-refractivity contribution in [2.75, 3.05) is 34.8 Å². The lowest BCUT2D eigenvalue weighted by molar-refractivity contribution is -0.156. The number of carboxylic acid groups (broad SMARTS) is 1. The Hall–Kier alpha value is -3.70. The third-order valence-electron chi connectivity index (χ3n) is 6.19. The van der Waals surface area contributed by atoms with Gasteiger partial charge in [0.2, 0.25) is 29.3 Å². The first-order valence-corrected chi connectivity index (χ1v) is 13.4. The highest BCUT2D eigenvalue weighted by molar-refractivity contribution is 8.00. The fourth-order valence-electron chi connectivity index (χ4n) is 4.22. The number of anilines is 2. The molecular weight excluding hydrogens is 538 g/mol. The lowest BCUT2D eigenvalue weighted by Crippen LogP contribution is -2.75. The Morgan fingerprint density at radius 3 is 2.84 bits per heavy atom. The normalized spacial score (nSPS) is 22.2. The number of aromatic nitrogens is 4. The number of thioether (sulfide) groups is 2. The number of aliphatic carboxylic acids is 1. The molecule has 3 atom stereocenters. The number of aryl methyl sites for hydroxylation is 1. The summed E-state index contributed by atoms with van der Waals surface area (Å²) in [5.41, 5.74) is 10.3. The number of carboxylic acids is 1. The molecular formula is C21H25N9O6S2. The number of primary amides is 1. The number of rotatable bonds is 12. The second-order valence-corrected chi connectivity index (χ2v) is 10.7. The smallest absolute Gasteiger partial charge is 0.313 e. The molecule has 0 radical (unpaired) electrons. The lowest BCUT2D eigenvalue weighted by atomic mass is 9.89. The summed E-state index contributed by atoms with van der Waals surface area (Å²) in [5.74, 6) is -2.25. The molecule has 2 saturated heterocycles. The molecule has 6 N–H and O–H groups in total. The Labute approximate surface area is 224 Å². The second-order valence-electron chi connectivity index (χ2n) is 8.67. The number of carbonyl (C=O) groups excluding carboxylic acids is 4. The van der Waals surface area contributed by atoms with Crippen LogP contribution in [-0.4, -0.2) is 96.3 Å². The van der Waals surface area contributed by atoms with E-state index in [1.54, 1.807) is 24.3 Å². The number of β-lactam (4-membered cyclic amide) rings is 1. The first-order valence-electron chi connectivity index (χ1n) is 11.4. The van der Waals surface area contributed by atoms with Crippen molar-refractivity contribution in [3.63, 3.8) is 0 Å². The van der Waals surface area contributed by atoms with E-state index in [4.69, 9.17) is 11.5 Å². The van der Waals surface area contributed by atoms with Crippen LogP contribution >= 0.6 is 23.5 Å². The topological polar surface area (TPSA) is 220 Å². The molecule has 3 heterocycles. The van der Waals surface area contributed by atoms with Crippen LogP contribution in [0, 0.1) is 5.41 Å². The fraction of sp³-hybridized carbons (Fsp3) is 0.429. The fourth-order valence-corrected chi connectivity index (χ4v) is 7.03. The van der Waals surface area contributed by atoms with E-state index in [1.165, 1.54) is 26.2 Å². The van der Waals surface area contributed by atoms with Crippen LogP contribution in [-0.2, 0) is 30.5 Å². The van der Waals surface area contributed by atoms with Gasteiger partial charge < -0.3 is 26.8 Å². The van der Waals surface area contributed by atoms with Gasteiger partial charge in [0.1, 0.15) is 16.8 Å². The van der Waals surface area contributed by atoms with Crippen molar-refractivity contribution >= 4 is 65.0 Å². The van der Waals surface area contributed by atoms with Crippen LogP contribution in [0.1, 0.15) is 6.42 Å². The molecule has 4 rings (SSSR count). The van der Waals surface area contributed by atoms with Crippen LogP contribution < -0.4 is 21.7 Å². The van der Waals surface area contributed by atoms with Gasteiger partial charge in [0.25, 0.3) is 0 Å². The largest absolute Gasteiger partial charge is 0.481 e. The Bertz CT molecular complexity index is 1260. The number of fused-ring (bicyclic) bond motifs is 1. The van der Waals surface area contributed by atoms with E-state index in [-0.39, 0.29) is 37.6 Å². The van der Waals surface area contributed by atoms with E-state index in [0.717, 1.165) is 11.8 Å². The van der Waals surface area contributed by atoms with Gasteiger partial charge in [-0.3, -0.25) is 28.9 Å². The predicted octanol–water partition coefficient (Wildman–Crippen LogP) is -1.44. The minimum absolute atomic E-state index is 0.0238. The Kier molecular flexibility index (Phi) is 8.17. The van der Waals surface area contributed by atoms with E-state index in [1.807, 2.05) is 0 Å². The summed E-state index contributed by atoms with van der Waals surface area (Å²) in [5, 5.41) is 23.8. The number of tetrazole rings is 1. The van der Waals surface area contributed by atoms with Crippen molar-refractivity contribution in [3.05, 3.63) is 24.3 Å². The van der Waals surface area contributed by atoms with Gasteiger partial charge in [-0.25, -0.2) is 4.68 Å². The summed E-state index contributed by atoms with van der Waals surface area (Å²) in [6.45, 7) is -0.252. The highest BCUT2D eigenvalue weighted by Crippen LogP contribution is 2.46. The van der Waals surface area contributed by atoms with Gasteiger partial charge in [-0.15, -0.1) is 16.9 Å². The van der Waals surface area contributed by atoms with Crippen molar-refractivity contribution < 1.29 is 29.1 Å². The van der Waals surface area contributed by atoms with Crippen LogP contribution in [0.2, 0.25) is 0 Å². The molecule has 2 fully saturated rings. The van der Waals surface area contributed by atoms with E-state index < -0.39 is 40.5 Å². The first-order chi connectivity index (χ1) is 18.2. The first kappa shape index (κ1) is 27.3. The number of hydrogen-bond acceptors (Lipinski definition) is 11. The van der Waals surface area contributed by atoms with E-state index in [0.29, 0.717) is 22.9 Å². The highest BCUT2D eigenvalue weighted by atomic mass is 32.2. The monoisotopic (exact) mass is 563 g/mol. The summed E-state index contributed by atoms with van der Waals surface area (Å²) < 4.78 is 1.37. The number of amides is 4. The molecule has 0 spiro atoms. The van der Waals surface area contributed by atoms with E-state index in [9.17, 15) is 29.1 Å². The van der Waals surface area contributed by atoms with E-state index >= 15 is 0 Å². The van der Waals surface area contributed by atoms with Gasteiger partial charge in [0.05, 0.1) is 13.1 Å². The Balaban J connectivity index is 1.51. The molecule has 2 aliphatic heterocycles. The van der Waals surface area contributed by atoms with Crippen LogP contribution in [0.4, 0.5) is 11.4 Å². The average molecular weight is 564 g/mol. The maximum absolute atomic E-state index is 13.3. The molecule has 0 bridgehead atoms. The molecule has 38 heavy (non-hydrogen) atoms. The van der Waals surface area contributed by atoms with Crippen molar-refractivity contribution in [1.82, 2.24) is 25.1 Å². The van der Waals surface area contributed by atoms with Crippen LogP contribution in [0.3, 0.4) is 0 Å². The maximum atomic E-state index is 13.3. The third kappa shape index (κ3) is 5.30. The minimum atomic E-state index is -1.30. The van der Waals surface area contributed by atoms with Crippen molar-refractivity contribution in [3.8, 4) is 0 Å². The summed E-state index contributed by atoms with van der Waals surface area (Å²) in [4.78, 5) is 63.2. The predicted molar refractivity (Wildman–Crippen MR) is 137 cm³/mol. The van der Waals surface area contributed by atoms with Gasteiger partial charge in [0, 0.05) is 35.8 Å². The van der Waals surface area contributed by atoms with Gasteiger partial charge in [-0.2, -0.15) is 0 Å². The third-order valence-corrected chi connectivity index (χ3v) is 9.01. The van der Waals surface area contributed by atoms with Crippen LogP contribution in [0.25, 0.3) is 0 Å². The van der Waals surface area contributed by atoms with Crippen LogP contribution in [0.15, 0.2) is 29.4 Å². The minimum Gasteiger partial charge on any atom is -0.481 e. The highest BCUT2D eigenvalue weighted by Gasteiger charge is 2.59. The average Bonchev–Trinajstić information content (AvgIpc) is 3.36. The number of nitrogens with one attached hydrogen (secondary N) is 1. The van der Waals surface area contributed by atoms with Crippen molar-refractivity contribution in [2.45, 2.75) is 29.5 Å². The standard InChI is InChI=1S/C21H25N9O6S2/c22-7-15(33)30(13-3-1-2-12(6-13)24-11-31)16-17(34)28-8-21(19(35)36,9-37-18(16)28)10-38-20-25-26-27-29(20)5-4-14(23)32/h1-3,6,11,16,18H,4-5,7-10,22H2,(H2,23,32)(H,24,31)(H,35,36)/t16?,18-,21?/m1/s1. The van der Waals surface area contributed by atoms with Gasteiger partial charge in [-0.05, 0) is 28.6 Å². The Morgan fingerprint density at radius 1 is 1.37 bits per heavy atom. The summed E-state index contributed by atoms with van der Waals surface area (Å²) in [7, 11) is 0. The van der Waals surface area contributed by atoms with Gasteiger partial charge in [-0.1, -0.05) is 17.8 Å². The molecule has 202 valence electrons. The van der Waals surface area contributed by atoms with Crippen molar-refractivity contribution in [1.29, 1.82) is 0 Å². The molecule has 2 aliphatic rings. The molecule has 17 heteroatoms. The second kappa shape index (κ2) is 11.4. The molecule has 0 aliphatic carbocycles. The molecule has 2 aromatic rings. The van der Waals surface area contributed by atoms with E-state index in [2.05, 4.69) is 20.8 Å². The number of nitrogens with two attached hydrogens (primary N) is 2. The molecule has 1 aromatic heterocycles. The zero-order chi connectivity index (χ0) is 27.4. The molecule has 2 unspecified atom stereocenters. The SMILES string of the molecule is NCC(=O)N(c1cccc(NC=O)c1)C1C(=O)N2CC(CSc3nnnn3CCC(N)=O)(C(=O)O)CS[C@H]12. The van der Waals surface area contributed by atoms with Gasteiger partial charge >= 0.3 is 5.97 Å². The number of carbonyl (C=O) groups is 5. The number of benzene rings is 1. The molecule has 0 saturated carbocycles. The molecule has 4 amide bonds. The lowest BCUT2D eigenvalue weighted by Gasteiger charge is -2.56. The summed E-state index contributed by atoms with van der Waals surface area (Å²) in [6.07, 6.45) is 0.525. The number of nitrogens with zero attached hydrogens (tertiary/aromatic N) is 6. The zero-order valence-corrected chi connectivity index (χ0v) is 21.6.